The van der Waals surface area contributed by atoms with Crippen LogP contribution in [0.15, 0.2) is 24.3 Å². The molecule has 1 aromatic rings. The largest absolute Gasteiger partial charge is 0.484 e. The molecule has 0 bridgehead atoms. The second kappa shape index (κ2) is 6.61. The van der Waals surface area contributed by atoms with Crippen LogP contribution in [-0.2, 0) is 4.79 Å². The Bertz CT molecular complexity index is 507. The van der Waals surface area contributed by atoms with Crippen LogP contribution in [0.3, 0.4) is 0 Å². The van der Waals surface area contributed by atoms with Gasteiger partial charge in [0.15, 0.2) is 6.61 Å². The summed E-state index contributed by atoms with van der Waals surface area (Å²) in [6, 6.07) is 6.87. The number of nitrogens with two attached hydrogens (primary N) is 1. The molecule has 21 heavy (non-hydrogen) atoms. The van der Waals surface area contributed by atoms with E-state index < -0.39 is 5.91 Å². The number of carbonyl (C=O) groups is 2. The van der Waals surface area contributed by atoms with Gasteiger partial charge in [0, 0.05) is 18.2 Å². The normalized spacial score (nSPS) is 14.0. The van der Waals surface area contributed by atoms with Crippen molar-refractivity contribution in [1.29, 1.82) is 0 Å². The molecule has 0 radical (unpaired) electrons. The zero-order valence-corrected chi connectivity index (χ0v) is 12.5. The molecule has 0 unspecified atom stereocenters. The highest BCUT2D eigenvalue weighted by molar-refractivity contribution is 5.92. The summed E-state index contributed by atoms with van der Waals surface area (Å²) in [5, 5.41) is 0. The summed E-state index contributed by atoms with van der Waals surface area (Å²) in [4.78, 5) is 25.1. The minimum atomic E-state index is -0.477. The van der Waals surface area contributed by atoms with E-state index in [4.69, 9.17) is 10.5 Å². The summed E-state index contributed by atoms with van der Waals surface area (Å²) < 4.78 is 5.50. The van der Waals surface area contributed by atoms with Gasteiger partial charge in [0.2, 0.25) is 5.91 Å². The molecule has 114 valence electrons. The monoisotopic (exact) mass is 290 g/mol. The zero-order valence-electron chi connectivity index (χ0n) is 12.5. The van der Waals surface area contributed by atoms with Gasteiger partial charge in [-0.3, -0.25) is 9.59 Å². The van der Waals surface area contributed by atoms with Crippen molar-refractivity contribution in [3.63, 3.8) is 0 Å². The number of hydrogen-bond acceptors (Lipinski definition) is 3. The van der Waals surface area contributed by atoms with Gasteiger partial charge in [-0.1, -0.05) is 13.8 Å². The molecule has 1 fully saturated rings. The van der Waals surface area contributed by atoms with Gasteiger partial charge < -0.3 is 15.4 Å². The van der Waals surface area contributed by atoms with Crippen molar-refractivity contribution in [3.8, 4) is 5.75 Å². The summed E-state index contributed by atoms with van der Waals surface area (Å²) in [5.74, 6) is 0.553. The molecule has 0 aromatic heterocycles. The van der Waals surface area contributed by atoms with Crippen LogP contribution in [0.4, 0.5) is 0 Å². The van der Waals surface area contributed by atoms with Gasteiger partial charge in [-0.25, -0.2) is 0 Å². The van der Waals surface area contributed by atoms with Crippen LogP contribution in [0.2, 0.25) is 0 Å². The predicted molar refractivity (Wildman–Crippen MR) is 80.0 cm³/mol. The number of ether oxygens (including phenoxy) is 1. The van der Waals surface area contributed by atoms with E-state index in [0.717, 1.165) is 19.4 Å². The average Bonchev–Trinajstić information content (AvgIpc) is 3.27. The number of benzene rings is 1. The second-order valence-electron chi connectivity index (χ2n) is 5.85. The number of hydrogen-bond donors (Lipinski definition) is 1. The maximum Gasteiger partial charge on any atom is 0.260 e. The van der Waals surface area contributed by atoms with E-state index in [0.29, 0.717) is 23.3 Å². The summed E-state index contributed by atoms with van der Waals surface area (Å²) in [6.45, 7) is 5.00. The maximum absolute atomic E-state index is 12.2. The number of primary amides is 1. The first kappa shape index (κ1) is 15.4. The molecule has 0 spiro atoms. The Kier molecular flexibility index (Phi) is 4.83. The Morgan fingerprint density at radius 1 is 1.29 bits per heavy atom. The Hall–Kier alpha value is -2.04. The van der Waals surface area contributed by atoms with Gasteiger partial charge in [0.25, 0.3) is 5.91 Å². The minimum absolute atomic E-state index is 0.0187. The van der Waals surface area contributed by atoms with Crippen molar-refractivity contribution >= 4 is 11.8 Å². The number of amides is 2. The number of rotatable bonds is 7. The van der Waals surface area contributed by atoms with Crippen LogP contribution < -0.4 is 10.5 Å². The summed E-state index contributed by atoms with van der Waals surface area (Å²) in [7, 11) is 0. The maximum atomic E-state index is 12.2. The van der Waals surface area contributed by atoms with Crippen molar-refractivity contribution in [2.45, 2.75) is 32.7 Å². The van der Waals surface area contributed by atoms with Crippen LogP contribution in [0, 0.1) is 5.92 Å². The van der Waals surface area contributed by atoms with Crippen molar-refractivity contribution in [1.82, 2.24) is 4.90 Å². The molecule has 1 aliphatic rings. The molecule has 1 saturated carbocycles. The van der Waals surface area contributed by atoms with E-state index in [1.807, 2.05) is 4.90 Å². The lowest BCUT2D eigenvalue weighted by Gasteiger charge is -2.24. The van der Waals surface area contributed by atoms with E-state index in [1.165, 1.54) is 0 Å². The average molecular weight is 290 g/mol. The third kappa shape index (κ3) is 4.48. The third-order valence-corrected chi connectivity index (χ3v) is 3.37. The van der Waals surface area contributed by atoms with Crippen LogP contribution in [0.25, 0.3) is 0 Å². The second-order valence-corrected chi connectivity index (χ2v) is 5.85. The van der Waals surface area contributed by atoms with Crippen LogP contribution in [0.1, 0.15) is 37.0 Å². The summed E-state index contributed by atoms with van der Waals surface area (Å²) in [6.07, 6.45) is 2.18. The van der Waals surface area contributed by atoms with Gasteiger partial charge in [-0.05, 0) is 43.0 Å². The van der Waals surface area contributed by atoms with Gasteiger partial charge >= 0.3 is 0 Å². The van der Waals surface area contributed by atoms with Crippen molar-refractivity contribution < 1.29 is 14.3 Å². The molecule has 2 rings (SSSR count). The van der Waals surface area contributed by atoms with Crippen LogP contribution in [0.5, 0.6) is 5.75 Å². The fraction of sp³-hybridized carbons (Fsp3) is 0.500. The molecule has 0 atom stereocenters. The fourth-order valence-electron chi connectivity index (χ4n) is 2.18. The Morgan fingerprint density at radius 2 is 1.90 bits per heavy atom. The lowest BCUT2D eigenvalue weighted by molar-refractivity contribution is -0.134. The van der Waals surface area contributed by atoms with Crippen molar-refractivity contribution in [2.24, 2.45) is 11.7 Å². The number of nitrogens with zero attached hydrogens (tertiary/aromatic N) is 1. The van der Waals surface area contributed by atoms with Crippen molar-refractivity contribution in [2.75, 3.05) is 13.2 Å². The van der Waals surface area contributed by atoms with E-state index in [2.05, 4.69) is 13.8 Å². The van der Waals surface area contributed by atoms with Gasteiger partial charge in [0.05, 0.1) is 0 Å². The quantitative estimate of drug-likeness (QED) is 0.832. The first-order valence-electron chi connectivity index (χ1n) is 7.29. The van der Waals surface area contributed by atoms with Crippen molar-refractivity contribution in [3.05, 3.63) is 29.8 Å². The molecule has 0 saturated heterocycles. The highest BCUT2D eigenvalue weighted by Gasteiger charge is 2.32. The van der Waals surface area contributed by atoms with Crippen LogP contribution in [-0.4, -0.2) is 35.9 Å². The third-order valence-electron chi connectivity index (χ3n) is 3.37. The number of carbonyl (C=O) groups excluding carboxylic acids is 2. The molecular formula is C16H22N2O3. The SMILES string of the molecule is CC(C)CN(C(=O)COc1ccc(C(N)=O)cc1)C1CC1. The highest BCUT2D eigenvalue weighted by atomic mass is 16.5. The Balaban J connectivity index is 1.88. The molecule has 2 N–H and O–H groups in total. The standard InChI is InChI=1S/C16H22N2O3/c1-11(2)9-18(13-5-6-13)15(19)10-21-14-7-3-12(4-8-14)16(17)20/h3-4,7-8,11,13H,5-6,9-10H2,1-2H3,(H2,17,20). The smallest absolute Gasteiger partial charge is 0.260 e. The summed E-state index contributed by atoms with van der Waals surface area (Å²) >= 11 is 0. The molecule has 2 amide bonds. The Morgan fingerprint density at radius 3 is 2.38 bits per heavy atom. The zero-order chi connectivity index (χ0) is 15.4. The van der Waals surface area contributed by atoms with Gasteiger partial charge in [-0.15, -0.1) is 0 Å². The predicted octanol–water partition coefficient (Wildman–Crippen LogP) is 1.81. The van der Waals surface area contributed by atoms with E-state index >= 15 is 0 Å². The lowest BCUT2D eigenvalue weighted by Crippen LogP contribution is -2.39. The van der Waals surface area contributed by atoms with E-state index in [1.54, 1.807) is 24.3 Å². The summed E-state index contributed by atoms with van der Waals surface area (Å²) in [5.41, 5.74) is 5.60. The molecular weight excluding hydrogens is 268 g/mol. The molecule has 0 heterocycles. The lowest BCUT2D eigenvalue weighted by atomic mass is 10.2. The van der Waals surface area contributed by atoms with E-state index in [-0.39, 0.29) is 12.5 Å². The van der Waals surface area contributed by atoms with E-state index in [9.17, 15) is 9.59 Å². The molecule has 0 aliphatic heterocycles. The molecule has 1 aromatic carbocycles. The first-order chi connectivity index (χ1) is 9.97. The minimum Gasteiger partial charge on any atom is -0.484 e. The molecule has 1 aliphatic carbocycles. The Labute approximate surface area is 125 Å². The fourth-order valence-corrected chi connectivity index (χ4v) is 2.18. The molecule has 5 heteroatoms. The first-order valence-corrected chi connectivity index (χ1v) is 7.29. The highest BCUT2D eigenvalue weighted by Crippen LogP contribution is 2.27. The van der Waals surface area contributed by atoms with Gasteiger partial charge in [-0.2, -0.15) is 0 Å². The van der Waals surface area contributed by atoms with Gasteiger partial charge in [0.1, 0.15) is 5.75 Å². The topological polar surface area (TPSA) is 72.6 Å². The molecule has 5 nitrogen and oxygen atoms in total. The van der Waals surface area contributed by atoms with Crippen LogP contribution >= 0.6 is 0 Å².